The Bertz CT molecular complexity index is 487. The Labute approximate surface area is 121 Å². The summed E-state index contributed by atoms with van der Waals surface area (Å²) in [6.07, 6.45) is -1.14. The Kier molecular flexibility index (Phi) is 6.73. The Morgan fingerprint density at radius 1 is 1.24 bits per heavy atom. The second-order valence-electron chi connectivity index (χ2n) is 4.21. The molecule has 1 rings (SSSR count). The highest BCUT2D eigenvalue weighted by Gasteiger charge is 2.23. The molecule has 1 amide bonds. The maximum Gasteiger partial charge on any atom is 0.408 e. The van der Waals surface area contributed by atoms with E-state index < -0.39 is 24.1 Å². The summed E-state index contributed by atoms with van der Waals surface area (Å²) in [5.41, 5.74) is 0.799. The van der Waals surface area contributed by atoms with E-state index in [9.17, 15) is 14.4 Å². The first kappa shape index (κ1) is 16.5. The van der Waals surface area contributed by atoms with Crippen molar-refractivity contribution < 1.29 is 29.0 Å². The van der Waals surface area contributed by atoms with E-state index in [1.54, 1.807) is 24.3 Å². The van der Waals surface area contributed by atoms with Gasteiger partial charge >= 0.3 is 18.0 Å². The minimum atomic E-state index is -1.07. The largest absolute Gasteiger partial charge is 0.481 e. The maximum absolute atomic E-state index is 11.6. The highest BCUT2D eigenvalue weighted by Crippen LogP contribution is 2.03. The van der Waals surface area contributed by atoms with Gasteiger partial charge in [0.25, 0.3) is 0 Å². The highest BCUT2D eigenvalue weighted by atomic mass is 16.6. The van der Waals surface area contributed by atoms with Crippen LogP contribution in [0.3, 0.4) is 0 Å². The van der Waals surface area contributed by atoms with Gasteiger partial charge in [0, 0.05) is 6.42 Å². The number of hydrogen-bond acceptors (Lipinski definition) is 5. The van der Waals surface area contributed by atoms with Gasteiger partial charge in [-0.05, 0) is 12.0 Å². The predicted molar refractivity (Wildman–Crippen MR) is 72.4 cm³/mol. The van der Waals surface area contributed by atoms with E-state index in [1.807, 2.05) is 6.07 Å². The molecule has 2 N–H and O–H groups in total. The summed E-state index contributed by atoms with van der Waals surface area (Å²) in [5, 5.41) is 10.9. The van der Waals surface area contributed by atoms with Crippen LogP contribution in [0.5, 0.6) is 0 Å². The molecule has 0 aliphatic heterocycles. The molecule has 0 unspecified atom stereocenters. The molecule has 0 fully saturated rings. The minimum absolute atomic E-state index is 0.0551. The number of alkyl carbamates (subject to hydrolysis) is 1. The Balaban J connectivity index is 2.47. The average molecular weight is 295 g/mol. The van der Waals surface area contributed by atoms with E-state index in [0.29, 0.717) is 0 Å². The Morgan fingerprint density at radius 2 is 1.90 bits per heavy atom. The van der Waals surface area contributed by atoms with Gasteiger partial charge < -0.3 is 19.9 Å². The van der Waals surface area contributed by atoms with Gasteiger partial charge in [0.2, 0.25) is 0 Å². The van der Waals surface area contributed by atoms with Crippen LogP contribution in [0.2, 0.25) is 0 Å². The molecular formula is C14H17NO6. The van der Waals surface area contributed by atoms with E-state index >= 15 is 0 Å². The number of rotatable bonds is 7. The average Bonchev–Trinajstić information content (AvgIpc) is 2.49. The van der Waals surface area contributed by atoms with Gasteiger partial charge in [0.1, 0.15) is 12.6 Å². The molecule has 1 atom stereocenters. The van der Waals surface area contributed by atoms with Crippen molar-refractivity contribution in [2.75, 3.05) is 7.11 Å². The summed E-state index contributed by atoms with van der Waals surface area (Å²) in [5.74, 6) is -1.78. The molecule has 114 valence electrons. The quantitative estimate of drug-likeness (QED) is 0.735. The molecule has 1 aromatic rings. The van der Waals surface area contributed by atoms with Crippen molar-refractivity contribution in [3.05, 3.63) is 35.9 Å². The van der Waals surface area contributed by atoms with Crippen molar-refractivity contribution in [2.45, 2.75) is 25.5 Å². The number of amides is 1. The number of nitrogens with one attached hydrogen (secondary N) is 1. The van der Waals surface area contributed by atoms with E-state index in [1.165, 1.54) is 0 Å². The number of carbonyl (C=O) groups excluding carboxylic acids is 2. The van der Waals surface area contributed by atoms with Gasteiger partial charge in [-0.25, -0.2) is 9.59 Å². The van der Waals surface area contributed by atoms with Gasteiger partial charge in [0.05, 0.1) is 7.11 Å². The van der Waals surface area contributed by atoms with E-state index in [2.05, 4.69) is 10.1 Å². The SMILES string of the molecule is COC(=O)[C@H](CCC(=O)O)NC(=O)OCc1ccccc1. The molecule has 0 aliphatic carbocycles. The number of carbonyl (C=O) groups is 3. The predicted octanol–water partition coefficient (Wildman–Crippen LogP) is 1.32. The lowest BCUT2D eigenvalue weighted by molar-refractivity contribution is -0.143. The normalized spacial score (nSPS) is 11.3. The molecule has 0 saturated heterocycles. The fourth-order valence-electron chi connectivity index (χ4n) is 1.57. The number of carboxylic acids is 1. The van der Waals surface area contributed by atoms with E-state index in [0.717, 1.165) is 12.7 Å². The number of esters is 1. The van der Waals surface area contributed by atoms with Crippen molar-refractivity contribution >= 4 is 18.0 Å². The van der Waals surface area contributed by atoms with Gasteiger partial charge in [-0.15, -0.1) is 0 Å². The molecule has 0 aliphatic rings. The fraction of sp³-hybridized carbons (Fsp3) is 0.357. The molecule has 0 aromatic heterocycles. The molecule has 0 bridgehead atoms. The lowest BCUT2D eigenvalue weighted by Gasteiger charge is -2.15. The number of hydrogen-bond donors (Lipinski definition) is 2. The van der Waals surface area contributed by atoms with Crippen LogP contribution < -0.4 is 5.32 Å². The topological polar surface area (TPSA) is 102 Å². The summed E-state index contributed by atoms with van der Waals surface area (Å²) >= 11 is 0. The zero-order valence-electron chi connectivity index (χ0n) is 11.6. The van der Waals surface area contributed by atoms with Crippen molar-refractivity contribution in [1.29, 1.82) is 0 Å². The molecule has 1 aromatic carbocycles. The Hall–Kier alpha value is -2.57. The van der Waals surface area contributed by atoms with Crippen LogP contribution in [0.1, 0.15) is 18.4 Å². The van der Waals surface area contributed by atoms with Crippen LogP contribution in [-0.2, 0) is 25.7 Å². The van der Waals surface area contributed by atoms with Crippen molar-refractivity contribution in [3.63, 3.8) is 0 Å². The van der Waals surface area contributed by atoms with Crippen molar-refractivity contribution in [3.8, 4) is 0 Å². The number of ether oxygens (including phenoxy) is 2. The molecule has 0 radical (unpaired) electrons. The van der Waals surface area contributed by atoms with Crippen molar-refractivity contribution in [2.24, 2.45) is 0 Å². The van der Waals surface area contributed by atoms with Crippen LogP contribution >= 0.6 is 0 Å². The summed E-state index contributed by atoms with van der Waals surface area (Å²) in [6.45, 7) is 0.0551. The standard InChI is InChI=1S/C14H17NO6/c1-20-13(18)11(7-8-12(16)17)15-14(19)21-9-10-5-3-2-4-6-10/h2-6,11H,7-9H2,1H3,(H,15,19)(H,16,17)/t11-/m0/s1. The molecular weight excluding hydrogens is 278 g/mol. The first-order chi connectivity index (χ1) is 10.0. The Morgan fingerprint density at radius 3 is 2.48 bits per heavy atom. The summed E-state index contributed by atoms with van der Waals surface area (Å²) in [4.78, 5) is 33.6. The molecule has 0 spiro atoms. The van der Waals surface area contributed by atoms with Crippen LogP contribution in [0.15, 0.2) is 30.3 Å². The lowest BCUT2D eigenvalue weighted by atomic mass is 10.1. The van der Waals surface area contributed by atoms with Gasteiger partial charge in [0.15, 0.2) is 0 Å². The monoisotopic (exact) mass is 295 g/mol. The fourth-order valence-corrected chi connectivity index (χ4v) is 1.57. The maximum atomic E-state index is 11.6. The van der Waals surface area contributed by atoms with Crippen LogP contribution in [0, 0.1) is 0 Å². The molecule has 0 saturated carbocycles. The van der Waals surface area contributed by atoms with Crippen molar-refractivity contribution in [1.82, 2.24) is 5.32 Å². The minimum Gasteiger partial charge on any atom is -0.481 e. The number of carboxylic acid groups (broad SMARTS) is 1. The second kappa shape index (κ2) is 8.57. The third-order valence-corrected chi connectivity index (χ3v) is 2.64. The number of methoxy groups -OCH3 is 1. The number of aliphatic carboxylic acids is 1. The zero-order valence-corrected chi connectivity index (χ0v) is 11.6. The molecule has 0 heterocycles. The summed E-state index contributed by atoms with van der Waals surface area (Å²) in [6, 6.07) is 7.98. The first-order valence-electron chi connectivity index (χ1n) is 6.29. The van der Waals surface area contributed by atoms with Crippen LogP contribution in [0.4, 0.5) is 4.79 Å². The first-order valence-corrected chi connectivity index (χ1v) is 6.29. The molecule has 7 nitrogen and oxygen atoms in total. The number of benzene rings is 1. The van der Waals surface area contributed by atoms with Gasteiger partial charge in [-0.3, -0.25) is 4.79 Å². The van der Waals surface area contributed by atoms with E-state index in [4.69, 9.17) is 9.84 Å². The zero-order chi connectivity index (χ0) is 15.7. The van der Waals surface area contributed by atoms with Gasteiger partial charge in [-0.1, -0.05) is 30.3 Å². The lowest BCUT2D eigenvalue weighted by Crippen LogP contribution is -2.42. The molecule has 7 heteroatoms. The summed E-state index contributed by atoms with van der Waals surface area (Å²) in [7, 11) is 1.16. The highest BCUT2D eigenvalue weighted by molar-refractivity contribution is 5.81. The van der Waals surface area contributed by atoms with Crippen LogP contribution in [0.25, 0.3) is 0 Å². The van der Waals surface area contributed by atoms with Gasteiger partial charge in [-0.2, -0.15) is 0 Å². The second-order valence-corrected chi connectivity index (χ2v) is 4.21. The summed E-state index contributed by atoms with van der Waals surface area (Å²) < 4.78 is 9.46. The molecule has 21 heavy (non-hydrogen) atoms. The van der Waals surface area contributed by atoms with Crippen LogP contribution in [-0.4, -0.2) is 36.3 Å². The third-order valence-electron chi connectivity index (χ3n) is 2.64. The van der Waals surface area contributed by atoms with E-state index in [-0.39, 0.29) is 19.4 Å². The smallest absolute Gasteiger partial charge is 0.408 e. The third kappa shape index (κ3) is 6.42.